The molecule has 11 heavy (non-hydrogen) atoms. The number of hydrogen-bond acceptors (Lipinski definition) is 2. The van der Waals surface area contributed by atoms with E-state index in [2.05, 4.69) is 0 Å². The second-order valence-electron chi connectivity index (χ2n) is 2.82. The highest BCUT2D eigenvalue weighted by Crippen LogP contribution is 2.46. The molecule has 0 aromatic heterocycles. The number of ketones is 1. The molecule has 4 nitrogen and oxygen atoms in total. The Labute approximate surface area is 64.8 Å². The number of rotatable bonds is 1. The lowest BCUT2D eigenvalue weighted by atomic mass is 9.99. The Hall–Kier alpha value is -0.180. The Morgan fingerprint density at radius 1 is 1.36 bits per heavy atom. The fraction of sp³-hybridized carbons (Fsp3) is 0.833. The SMILES string of the molecule is O=C1CCCCC1P(=O)(O)O. The van der Waals surface area contributed by atoms with Crippen LogP contribution in [-0.2, 0) is 9.36 Å². The van der Waals surface area contributed by atoms with Gasteiger partial charge >= 0.3 is 7.60 Å². The van der Waals surface area contributed by atoms with Crippen LogP contribution < -0.4 is 0 Å². The van der Waals surface area contributed by atoms with Gasteiger partial charge in [-0.1, -0.05) is 6.42 Å². The van der Waals surface area contributed by atoms with Gasteiger partial charge in [0.1, 0.15) is 11.4 Å². The fourth-order valence-electron chi connectivity index (χ4n) is 1.32. The van der Waals surface area contributed by atoms with Crippen LogP contribution in [0.4, 0.5) is 0 Å². The molecule has 1 aliphatic rings. The summed E-state index contributed by atoms with van der Waals surface area (Å²) < 4.78 is 10.7. The Morgan fingerprint density at radius 3 is 2.36 bits per heavy atom. The van der Waals surface area contributed by atoms with Gasteiger partial charge in [0, 0.05) is 6.42 Å². The van der Waals surface area contributed by atoms with Gasteiger partial charge in [0.25, 0.3) is 0 Å². The van der Waals surface area contributed by atoms with Gasteiger partial charge in [-0.15, -0.1) is 0 Å². The highest BCUT2D eigenvalue weighted by Gasteiger charge is 2.36. The van der Waals surface area contributed by atoms with Crippen LogP contribution in [0.25, 0.3) is 0 Å². The van der Waals surface area contributed by atoms with Crippen LogP contribution >= 0.6 is 7.60 Å². The molecule has 64 valence electrons. The third-order valence-corrected chi connectivity index (χ3v) is 3.29. The summed E-state index contributed by atoms with van der Waals surface area (Å²) >= 11 is 0. The quantitative estimate of drug-likeness (QED) is 0.579. The van der Waals surface area contributed by atoms with Crippen LogP contribution in [0.15, 0.2) is 0 Å². The minimum atomic E-state index is -4.15. The van der Waals surface area contributed by atoms with Gasteiger partial charge in [0.15, 0.2) is 0 Å². The van der Waals surface area contributed by atoms with Gasteiger partial charge < -0.3 is 9.79 Å². The molecule has 5 heteroatoms. The van der Waals surface area contributed by atoms with Crippen molar-refractivity contribution >= 4 is 13.4 Å². The summed E-state index contributed by atoms with van der Waals surface area (Å²) in [5.74, 6) is -0.274. The molecule has 0 saturated heterocycles. The molecular weight excluding hydrogens is 167 g/mol. The zero-order chi connectivity index (χ0) is 8.48. The molecule has 1 aliphatic carbocycles. The predicted molar refractivity (Wildman–Crippen MR) is 39.3 cm³/mol. The van der Waals surface area contributed by atoms with Gasteiger partial charge in [-0.25, -0.2) is 0 Å². The van der Waals surface area contributed by atoms with Crippen molar-refractivity contribution in [3.63, 3.8) is 0 Å². The first-order valence-corrected chi connectivity index (χ1v) is 5.28. The van der Waals surface area contributed by atoms with Crippen LogP contribution in [-0.4, -0.2) is 21.2 Å². The Morgan fingerprint density at radius 2 is 2.00 bits per heavy atom. The largest absolute Gasteiger partial charge is 0.335 e. The molecule has 0 amide bonds. The van der Waals surface area contributed by atoms with Gasteiger partial charge in [-0.05, 0) is 12.8 Å². The Kier molecular flexibility index (Phi) is 2.47. The van der Waals surface area contributed by atoms with E-state index in [0.29, 0.717) is 12.8 Å². The van der Waals surface area contributed by atoms with Crippen molar-refractivity contribution in [2.45, 2.75) is 31.3 Å². The van der Waals surface area contributed by atoms with Crippen molar-refractivity contribution in [2.75, 3.05) is 0 Å². The highest BCUT2D eigenvalue weighted by molar-refractivity contribution is 7.53. The number of hydrogen-bond donors (Lipinski definition) is 2. The van der Waals surface area contributed by atoms with Crippen molar-refractivity contribution < 1.29 is 19.1 Å². The van der Waals surface area contributed by atoms with Crippen molar-refractivity contribution in [2.24, 2.45) is 0 Å². The number of carbonyl (C=O) groups is 1. The predicted octanol–water partition coefficient (Wildman–Crippen LogP) is 0.676. The lowest BCUT2D eigenvalue weighted by Gasteiger charge is -2.20. The van der Waals surface area contributed by atoms with Crippen LogP contribution in [0.2, 0.25) is 0 Å². The van der Waals surface area contributed by atoms with E-state index in [1.807, 2.05) is 0 Å². The first-order valence-electron chi connectivity index (χ1n) is 3.60. The smallest absolute Gasteiger partial charge is 0.324 e. The summed E-state index contributed by atoms with van der Waals surface area (Å²) in [6.45, 7) is 0. The van der Waals surface area contributed by atoms with E-state index in [1.54, 1.807) is 0 Å². The molecular formula is C6H11O4P. The monoisotopic (exact) mass is 178 g/mol. The maximum Gasteiger partial charge on any atom is 0.335 e. The summed E-state index contributed by atoms with van der Waals surface area (Å²) in [4.78, 5) is 28.4. The summed E-state index contributed by atoms with van der Waals surface area (Å²) in [6.07, 6.45) is 2.20. The van der Waals surface area contributed by atoms with Gasteiger partial charge in [0.2, 0.25) is 0 Å². The second-order valence-corrected chi connectivity index (χ2v) is 4.62. The van der Waals surface area contributed by atoms with Crippen LogP contribution in [0, 0.1) is 0 Å². The Balaban J connectivity index is 2.70. The molecule has 0 heterocycles. The zero-order valence-electron chi connectivity index (χ0n) is 6.06. The molecule has 0 spiro atoms. The van der Waals surface area contributed by atoms with Crippen molar-refractivity contribution in [1.82, 2.24) is 0 Å². The van der Waals surface area contributed by atoms with Crippen LogP contribution in [0.1, 0.15) is 25.7 Å². The van der Waals surface area contributed by atoms with E-state index in [9.17, 15) is 9.36 Å². The third-order valence-electron chi connectivity index (χ3n) is 1.93. The minimum Gasteiger partial charge on any atom is -0.324 e. The normalized spacial score (nSPS) is 27.1. The topological polar surface area (TPSA) is 74.6 Å². The summed E-state index contributed by atoms with van der Waals surface area (Å²) in [5, 5.41) is 0. The maximum atomic E-state index is 10.9. The molecule has 1 unspecified atom stereocenters. The molecule has 2 N–H and O–H groups in total. The minimum absolute atomic E-state index is 0.274. The lowest BCUT2D eigenvalue weighted by Crippen LogP contribution is -2.24. The van der Waals surface area contributed by atoms with Gasteiger partial charge in [-0.3, -0.25) is 9.36 Å². The molecule has 1 rings (SSSR count). The summed E-state index contributed by atoms with van der Waals surface area (Å²) in [6, 6.07) is 0. The molecule has 0 bridgehead atoms. The van der Waals surface area contributed by atoms with E-state index >= 15 is 0 Å². The van der Waals surface area contributed by atoms with E-state index in [0.717, 1.165) is 12.8 Å². The molecule has 0 aromatic carbocycles. The Bertz CT molecular complexity index is 207. The summed E-state index contributed by atoms with van der Waals surface area (Å²) in [7, 11) is -4.15. The molecule has 0 aliphatic heterocycles. The standard InChI is InChI=1S/C6H11O4P/c7-5-3-1-2-4-6(5)11(8,9)10/h6H,1-4H2,(H2,8,9,10). The molecule has 1 fully saturated rings. The highest BCUT2D eigenvalue weighted by atomic mass is 31.2. The number of Topliss-reactive ketones (excluding diaryl/α,β-unsaturated/α-hetero) is 1. The van der Waals surface area contributed by atoms with Crippen molar-refractivity contribution in [3.05, 3.63) is 0 Å². The zero-order valence-corrected chi connectivity index (χ0v) is 6.96. The van der Waals surface area contributed by atoms with E-state index in [1.165, 1.54) is 0 Å². The van der Waals surface area contributed by atoms with E-state index in [4.69, 9.17) is 9.79 Å². The fourth-order valence-corrected chi connectivity index (χ4v) is 2.34. The summed E-state index contributed by atoms with van der Waals surface area (Å²) in [5.41, 5.74) is -1.00. The van der Waals surface area contributed by atoms with Crippen molar-refractivity contribution in [1.29, 1.82) is 0 Å². The third kappa shape index (κ3) is 2.12. The van der Waals surface area contributed by atoms with Gasteiger partial charge in [-0.2, -0.15) is 0 Å². The second kappa shape index (κ2) is 3.05. The van der Waals surface area contributed by atoms with Crippen LogP contribution in [0.3, 0.4) is 0 Å². The number of carbonyl (C=O) groups excluding carboxylic acids is 1. The lowest BCUT2D eigenvalue weighted by molar-refractivity contribution is -0.120. The van der Waals surface area contributed by atoms with Gasteiger partial charge in [0.05, 0.1) is 0 Å². The average Bonchev–Trinajstić information content (AvgIpc) is 1.86. The van der Waals surface area contributed by atoms with E-state index in [-0.39, 0.29) is 5.78 Å². The maximum absolute atomic E-state index is 10.9. The first kappa shape index (κ1) is 8.91. The molecule has 0 aromatic rings. The van der Waals surface area contributed by atoms with Crippen molar-refractivity contribution in [3.8, 4) is 0 Å². The molecule has 1 saturated carbocycles. The first-order chi connectivity index (χ1) is 5.02. The molecule has 0 radical (unpaired) electrons. The molecule has 1 atom stereocenters. The van der Waals surface area contributed by atoms with Crippen LogP contribution in [0.5, 0.6) is 0 Å². The average molecular weight is 178 g/mol. The van der Waals surface area contributed by atoms with E-state index < -0.39 is 13.3 Å².